The quantitative estimate of drug-likeness (QED) is 0.139. The maximum Gasteiger partial charge on any atom is 0.406 e. The van der Waals surface area contributed by atoms with Crippen LogP contribution in [0.15, 0.2) is 0 Å². The molecular formula is C21H38N3O8P. The summed E-state index contributed by atoms with van der Waals surface area (Å²) >= 11 is 0. The Balaban J connectivity index is 2.39. The van der Waals surface area contributed by atoms with Crippen LogP contribution in [0.4, 0.5) is 4.79 Å². The zero-order valence-electron chi connectivity index (χ0n) is 19.5. The van der Waals surface area contributed by atoms with Crippen LogP contribution in [0.2, 0.25) is 0 Å². The van der Waals surface area contributed by atoms with Crippen LogP contribution in [0.3, 0.4) is 0 Å². The van der Waals surface area contributed by atoms with E-state index in [9.17, 15) is 29.2 Å². The zero-order valence-corrected chi connectivity index (χ0v) is 20.4. The molecule has 2 rings (SSSR count). The minimum atomic E-state index is -3.83. The topological polar surface area (TPSA) is 163 Å². The largest absolute Gasteiger partial charge is 0.465 e. The highest BCUT2D eigenvalue weighted by atomic mass is 31.2. The van der Waals surface area contributed by atoms with Gasteiger partial charge in [0.25, 0.3) is 0 Å². The SMILES string of the molecule is CCOP(=O)(C[C@@](O)(C[C@@H]1CCNC1=O)N[C@@](C=O)(CC1CCCCC1)NC(=O)O)OCC. The average Bonchev–Trinajstić information content (AvgIpc) is 3.12. The van der Waals surface area contributed by atoms with Crippen molar-refractivity contribution in [3.63, 3.8) is 0 Å². The first-order valence-electron chi connectivity index (χ1n) is 11.7. The van der Waals surface area contributed by atoms with Gasteiger partial charge in [0.15, 0.2) is 11.9 Å². The molecular weight excluding hydrogens is 453 g/mol. The van der Waals surface area contributed by atoms with Crippen molar-refractivity contribution < 1.29 is 38.2 Å². The van der Waals surface area contributed by atoms with Gasteiger partial charge in [0.05, 0.1) is 19.4 Å². The van der Waals surface area contributed by atoms with Gasteiger partial charge in [0, 0.05) is 18.9 Å². The van der Waals surface area contributed by atoms with E-state index in [0.29, 0.717) is 19.3 Å². The third-order valence-corrected chi connectivity index (χ3v) is 8.39. The van der Waals surface area contributed by atoms with E-state index in [0.717, 1.165) is 32.1 Å². The smallest absolute Gasteiger partial charge is 0.406 e. The van der Waals surface area contributed by atoms with Gasteiger partial charge < -0.3 is 24.6 Å². The Kier molecular flexibility index (Phi) is 10.3. The number of aliphatic hydroxyl groups is 1. The lowest BCUT2D eigenvalue weighted by Crippen LogP contribution is -2.69. The van der Waals surface area contributed by atoms with Crippen LogP contribution >= 0.6 is 7.60 Å². The summed E-state index contributed by atoms with van der Waals surface area (Å²) in [6.45, 7) is 3.82. The van der Waals surface area contributed by atoms with Crippen LogP contribution in [-0.2, 0) is 23.2 Å². The van der Waals surface area contributed by atoms with Crippen LogP contribution in [-0.4, -0.2) is 65.8 Å². The molecule has 0 unspecified atom stereocenters. The van der Waals surface area contributed by atoms with Gasteiger partial charge in [-0.3, -0.25) is 24.8 Å². The first-order chi connectivity index (χ1) is 15.6. The fraction of sp³-hybridized carbons (Fsp3) is 0.857. The van der Waals surface area contributed by atoms with Crippen LogP contribution in [0.25, 0.3) is 0 Å². The number of rotatable bonds is 14. The molecule has 0 bridgehead atoms. The molecule has 0 radical (unpaired) electrons. The molecule has 2 fully saturated rings. The molecule has 1 aliphatic heterocycles. The second-order valence-corrected chi connectivity index (χ2v) is 11.0. The number of hydrogen-bond donors (Lipinski definition) is 5. The zero-order chi connectivity index (χ0) is 24.5. The Morgan fingerprint density at radius 3 is 2.30 bits per heavy atom. The minimum absolute atomic E-state index is 0.0611. The Morgan fingerprint density at radius 2 is 1.82 bits per heavy atom. The fourth-order valence-electron chi connectivity index (χ4n) is 4.94. The maximum absolute atomic E-state index is 13.3. The van der Waals surface area contributed by atoms with E-state index in [-0.39, 0.29) is 37.9 Å². The van der Waals surface area contributed by atoms with E-state index >= 15 is 0 Å². The second-order valence-electron chi connectivity index (χ2n) is 8.97. The van der Waals surface area contributed by atoms with Crippen molar-refractivity contribution in [3.8, 4) is 0 Å². The van der Waals surface area contributed by atoms with Gasteiger partial charge in [-0.1, -0.05) is 32.1 Å². The number of carbonyl (C=O) groups excluding carboxylic acids is 2. The summed E-state index contributed by atoms with van der Waals surface area (Å²) in [5.74, 6) is -0.816. The standard InChI is InChI=1S/C21H38N3O8P/c1-3-31-33(30,32-4-2)15-21(29,13-17-10-11-22-18(17)26)24-20(14-25,23-19(27)28)12-16-8-6-5-7-9-16/h14,16-17,23-24,29H,3-13,15H2,1-2H3,(H,22,26)(H,27,28)/t17-,20+,21-/m0/s1. The van der Waals surface area contributed by atoms with Gasteiger partial charge in [0.2, 0.25) is 5.91 Å². The lowest BCUT2D eigenvalue weighted by molar-refractivity contribution is -0.127. The van der Waals surface area contributed by atoms with Crippen molar-refractivity contribution in [1.82, 2.24) is 16.0 Å². The Morgan fingerprint density at radius 1 is 1.18 bits per heavy atom. The molecule has 12 heteroatoms. The highest BCUT2D eigenvalue weighted by Crippen LogP contribution is 2.51. The molecule has 2 aliphatic rings. The third-order valence-electron chi connectivity index (χ3n) is 6.18. The predicted molar refractivity (Wildman–Crippen MR) is 121 cm³/mol. The number of carbonyl (C=O) groups is 3. The van der Waals surface area contributed by atoms with Crippen LogP contribution in [0.5, 0.6) is 0 Å². The molecule has 190 valence electrons. The van der Waals surface area contributed by atoms with Crippen molar-refractivity contribution >= 4 is 25.9 Å². The molecule has 1 aliphatic carbocycles. The molecule has 33 heavy (non-hydrogen) atoms. The summed E-state index contributed by atoms with van der Waals surface area (Å²) < 4.78 is 24.0. The van der Waals surface area contributed by atoms with E-state index in [4.69, 9.17) is 9.05 Å². The van der Waals surface area contributed by atoms with E-state index < -0.39 is 37.2 Å². The normalized spacial score (nSPS) is 23.4. The van der Waals surface area contributed by atoms with Crippen molar-refractivity contribution in [1.29, 1.82) is 0 Å². The maximum atomic E-state index is 13.3. The van der Waals surface area contributed by atoms with Crippen molar-refractivity contribution in [2.24, 2.45) is 11.8 Å². The molecule has 2 amide bonds. The van der Waals surface area contributed by atoms with Gasteiger partial charge in [-0.25, -0.2) is 4.79 Å². The monoisotopic (exact) mass is 491 g/mol. The van der Waals surface area contributed by atoms with Gasteiger partial charge in [-0.15, -0.1) is 0 Å². The highest BCUT2D eigenvalue weighted by molar-refractivity contribution is 7.53. The molecule has 5 N–H and O–H groups in total. The van der Waals surface area contributed by atoms with E-state index in [1.54, 1.807) is 13.8 Å². The molecule has 0 spiro atoms. The van der Waals surface area contributed by atoms with Crippen molar-refractivity contribution in [2.45, 2.75) is 76.6 Å². The summed E-state index contributed by atoms with van der Waals surface area (Å²) in [5.41, 5.74) is -3.91. The lowest BCUT2D eigenvalue weighted by atomic mass is 9.82. The summed E-state index contributed by atoms with van der Waals surface area (Å²) in [7, 11) is -3.83. The average molecular weight is 492 g/mol. The Hall–Kier alpha value is -1.52. The molecule has 3 atom stereocenters. The highest BCUT2D eigenvalue weighted by Gasteiger charge is 2.48. The van der Waals surface area contributed by atoms with Gasteiger partial charge in [0.1, 0.15) is 5.72 Å². The third kappa shape index (κ3) is 8.33. The minimum Gasteiger partial charge on any atom is -0.465 e. The molecule has 0 aromatic carbocycles. The van der Waals surface area contributed by atoms with Crippen molar-refractivity contribution in [3.05, 3.63) is 0 Å². The molecule has 0 aromatic heterocycles. The molecule has 1 saturated carbocycles. The molecule has 11 nitrogen and oxygen atoms in total. The fourth-order valence-corrected chi connectivity index (χ4v) is 6.83. The van der Waals surface area contributed by atoms with Gasteiger partial charge in [-0.2, -0.15) is 0 Å². The summed E-state index contributed by atoms with van der Waals surface area (Å²) in [4.78, 5) is 36.2. The molecule has 1 heterocycles. The van der Waals surface area contributed by atoms with Crippen molar-refractivity contribution in [2.75, 3.05) is 25.9 Å². The Labute approximate surface area is 194 Å². The Bertz CT molecular complexity index is 722. The summed E-state index contributed by atoms with van der Waals surface area (Å²) in [6, 6.07) is 0. The first-order valence-corrected chi connectivity index (χ1v) is 13.5. The second kappa shape index (κ2) is 12.3. The van der Waals surface area contributed by atoms with E-state index in [1.165, 1.54) is 0 Å². The van der Waals surface area contributed by atoms with Gasteiger partial charge >= 0.3 is 13.7 Å². The van der Waals surface area contributed by atoms with E-state index in [2.05, 4.69) is 16.0 Å². The number of amides is 2. The molecule has 0 aromatic rings. The molecule has 1 saturated heterocycles. The van der Waals surface area contributed by atoms with E-state index in [1.807, 2.05) is 0 Å². The number of aldehydes is 1. The van der Waals surface area contributed by atoms with Crippen LogP contribution < -0.4 is 16.0 Å². The van der Waals surface area contributed by atoms with Crippen LogP contribution in [0.1, 0.15) is 65.2 Å². The first kappa shape index (κ1) is 27.7. The van der Waals surface area contributed by atoms with Crippen LogP contribution in [0, 0.1) is 11.8 Å². The van der Waals surface area contributed by atoms with Gasteiger partial charge in [-0.05, 0) is 32.6 Å². The number of hydrogen-bond acceptors (Lipinski definition) is 8. The summed E-state index contributed by atoms with van der Waals surface area (Å²) in [6.07, 6.45) is 3.51. The number of carboxylic acid groups (broad SMARTS) is 1. The predicted octanol–water partition coefficient (Wildman–Crippen LogP) is 2.19. The number of nitrogens with one attached hydrogen (secondary N) is 3. The lowest BCUT2D eigenvalue weighted by Gasteiger charge is -2.42. The summed E-state index contributed by atoms with van der Waals surface area (Å²) in [5, 5.41) is 28.9.